The molecule has 3 rings (SSSR count). The Kier molecular flexibility index (Phi) is 5.22. The third-order valence-electron chi connectivity index (χ3n) is 3.94. The first-order chi connectivity index (χ1) is 12.1. The number of fused-ring (bicyclic) bond motifs is 1. The van der Waals surface area contributed by atoms with Gasteiger partial charge in [-0.25, -0.2) is 4.98 Å². The smallest absolute Gasteiger partial charge is 0.308 e. The molecule has 1 fully saturated rings. The monoisotopic (exact) mass is 362 g/mol. The zero-order valence-corrected chi connectivity index (χ0v) is 14.5. The van der Waals surface area contributed by atoms with E-state index in [0.717, 1.165) is 11.0 Å². The number of carbonyl (C=O) groups excluding carboxylic acids is 3. The topological polar surface area (TPSA) is 104 Å². The SMILES string of the molecule is COC(=O)C[C@H]1C(=O)NCCN1C(=O)CSc1nc2ccccc2[nH]1. The summed E-state index contributed by atoms with van der Waals surface area (Å²) in [7, 11) is 1.26. The van der Waals surface area contributed by atoms with Gasteiger partial charge in [0.2, 0.25) is 11.8 Å². The number of rotatable bonds is 5. The summed E-state index contributed by atoms with van der Waals surface area (Å²) in [5, 5.41) is 3.31. The number of benzene rings is 1. The average molecular weight is 362 g/mol. The molecule has 9 heteroatoms. The highest BCUT2D eigenvalue weighted by Crippen LogP contribution is 2.20. The molecule has 0 saturated carbocycles. The van der Waals surface area contributed by atoms with Gasteiger partial charge >= 0.3 is 5.97 Å². The minimum Gasteiger partial charge on any atom is -0.469 e. The van der Waals surface area contributed by atoms with Gasteiger partial charge in [0.15, 0.2) is 5.16 Å². The number of piperazine rings is 1. The van der Waals surface area contributed by atoms with Crippen LogP contribution in [0.4, 0.5) is 0 Å². The van der Waals surface area contributed by atoms with Gasteiger partial charge in [-0.3, -0.25) is 14.4 Å². The van der Waals surface area contributed by atoms with Crippen LogP contribution < -0.4 is 5.32 Å². The number of para-hydroxylation sites is 2. The molecule has 0 aliphatic carbocycles. The van der Waals surface area contributed by atoms with Crippen molar-refractivity contribution in [2.24, 2.45) is 0 Å². The first-order valence-electron chi connectivity index (χ1n) is 7.80. The van der Waals surface area contributed by atoms with Crippen LogP contribution in [0, 0.1) is 0 Å². The number of hydrogen-bond donors (Lipinski definition) is 2. The van der Waals surface area contributed by atoms with Crippen LogP contribution >= 0.6 is 11.8 Å². The number of ether oxygens (including phenoxy) is 1. The number of esters is 1. The van der Waals surface area contributed by atoms with Gasteiger partial charge in [0.05, 0.1) is 30.3 Å². The highest BCUT2D eigenvalue weighted by molar-refractivity contribution is 7.99. The summed E-state index contributed by atoms with van der Waals surface area (Å²) in [6, 6.07) is 6.77. The standard InChI is InChI=1S/C16H18N4O4S/c1-24-14(22)8-12-15(23)17-6-7-20(12)13(21)9-25-16-18-10-4-2-3-5-11(10)19-16/h2-5,12H,6-9H2,1H3,(H,17,23)(H,18,19)/t12-/m0/s1. The van der Waals surface area contributed by atoms with Crippen molar-refractivity contribution in [2.75, 3.05) is 26.0 Å². The Labute approximate surface area is 148 Å². The lowest BCUT2D eigenvalue weighted by molar-refractivity contribution is -0.149. The van der Waals surface area contributed by atoms with Crippen LogP contribution in [-0.4, -0.2) is 64.6 Å². The number of aromatic nitrogens is 2. The molecule has 0 unspecified atom stereocenters. The molecule has 1 aromatic heterocycles. The van der Waals surface area contributed by atoms with Crippen molar-refractivity contribution in [1.29, 1.82) is 0 Å². The number of hydrogen-bond acceptors (Lipinski definition) is 6. The predicted octanol–water partition coefficient (Wildman–Crippen LogP) is 0.545. The number of H-pyrrole nitrogens is 1. The number of methoxy groups -OCH3 is 1. The number of thioether (sulfide) groups is 1. The quantitative estimate of drug-likeness (QED) is 0.594. The number of carbonyl (C=O) groups is 3. The van der Waals surface area contributed by atoms with Crippen LogP contribution in [0.15, 0.2) is 29.4 Å². The highest BCUT2D eigenvalue weighted by Gasteiger charge is 2.34. The lowest BCUT2D eigenvalue weighted by Crippen LogP contribution is -2.58. The lowest BCUT2D eigenvalue weighted by atomic mass is 10.1. The minimum atomic E-state index is -0.829. The van der Waals surface area contributed by atoms with E-state index in [1.54, 1.807) is 0 Å². The van der Waals surface area contributed by atoms with Gasteiger partial charge in [0, 0.05) is 13.1 Å². The van der Waals surface area contributed by atoms with Crippen LogP contribution in [-0.2, 0) is 19.1 Å². The van der Waals surface area contributed by atoms with Crippen molar-refractivity contribution in [3.63, 3.8) is 0 Å². The lowest BCUT2D eigenvalue weighted by Gasteiger charge is -2.34. The number of amides is 2. The summed E-state index contributed by atoms with van der Waals surface area (Å²) in [4.78, 5) is 45.1. The number of aromatic amines is 1. The fourth-order valence-corrected chi connectivity index (χ4v) is 3.44. The van der Waals surface area contributed by atoms with Crippen molar-refractivity contribution in [1.82, 2.24) is 20.2 Å². The average Bonchev–Trinajstić information content (AvgIpc) is 3.04. The van der Waals surface area contributed by atoms with Gasteiger partial charge in [-0.2, -0.15) is 0 Å². The molecule has 2 heterocycles. The molecule has 0 spiro atoms. The van der Waals surface area contributed by atoms with Crippen LogP contribution in [0.2, 0.25) is 0 Å². The molecule has 0 bridgehead atoms. The molecule has 1 aliphatic rings. The van der Waals surface area contributed by atoms with Crippen molar-refractivity contribution < 1.29 is 19.1 Å². The Hall–Kier alpha value is -2.55. The first-order valence-corrected chi connectivity index (χ1v) is 8.78. The van der Waals surface area contributed by atoms with Gasteiger partial charge in [-0.05, 0) is 12.1 Å². The van der Waals surface area contributed by atoms with E-state index in [0.29, 0.717) is 18.2 Å². The number of nitrogens with zero attached hydrogens (tertiary/aromatic N) is 2. The van der Waals surface area contributed by atoms with E-state index >= 15 is 0 Å². The Morgan fingerprint density at radius 2 is 2.20 bits per heavy atom. The molecule has 25 heavy (non-hydrogen) atoms. The van der Waals surface area contributed by atoms with Crippen LogP contribution in [0.1, 0.15) is 6.42 Å². The maximum absolute atomic E-state index is 12.5. The van der Waals surface area contributed by atoms with Crippen LogP contribution in [0.25, 0.3) is 11.0 Å². The zero-order valence-electron chi connectivity index (χ0n) is 13.7. The molecule has 132 valence electrons. The molecule has 1 atom stereocenters. The fourth-order valence-electron chi connectivity index (χ4n) is 2.67. The van der Waals surface area contributed by atoms with Gasteiger partial charge in [-0.1, -0.05) is 23.9 Å². The largest absolute Gasteiger partial charge is 0.469 e. The van der Waals surface area contributed by atoms with Crippen molar-refractivity contribution in [2.45, 2.75) is 17.6 Å². The molecule has 2 N–H and O–H groups in total. The molecule has 2 amide bonds. The Bertz CT molecular complexity index is 773. The zero-order chi connectivity index (χ0) is 17.8. The molecule has 1 aromatic carbocycles. The van der Waals surface area contributed by atoms with Crippen LogP contribution in [0.5, 0.6) is 0 Å². The van der Waals surface area contributed by atoms with E-state index in [2.05, 4.69) is 20.0 Å². The molecule has 2 aromatic rings. The van der Waals surface area contributed by atoms with E-state index in [9.17, 15) is 14.4 Å². The summed E-state index contributed by atoms with van der Waals surface area (Å²) in [6.45, 7) is 0.741. The van der Waals surface area contributed by atoms with Gasteiger partial charge < -0.3 is 19.9 Å². The van der Waals surface area contributed by atoms with E-state index in [-0.39, 0.29) is 24.0 Å². The fraction of sp³-hybridized carbons (Fsp3) is 0.375. The van der Waals surface area contributed by atoms with Crippen molar-refractivity contribution >= 4 is 40.6 Å². The molecule has 0 radical (unpaired) electrons. The predicted molar refractivity (Wildman–Crippen MR) is 92.0 cm³/mol. The Morgan fingerprint density at radius 3 is 2.96 bits per heavy atom. The Balaban J connectivity index is 1.65. The van der Waals surface area contributed by atoms with Gasteiger partial charge in [-0.15, -0.1) is 0 Å². The molecule has 1 aliphatic heterocycles. The molecule has 1 saturated heterocycles. The third kappa shape index (κ3) is 3.93. The van der Waals surface area contributed by atoms with E-state index in [1.807, 2.05) is 24.3 Å². The minimum absolute atomic E-state index is 0.130. The molecular formula is C16H18N4O4S. The second kappa shape index (κ2) is 7.56. The normalized spacial score (nSPS) is 17.4. The van der Waals surface area contributed by atoms with Crippen molar-refractivity contribution in [3.8, 4) is 0 Å². The maximum Gasteiger partial charge on any atom is 0.308 e. The molecule has 8 nitrogen and oxygen atoms in total. The number of imidazole rings is 1. The van der Waals surface area contributed by atoms with Crippen molar-refractivity contribution in [3.05, 3.63) is 24.3 Å². The summed E-state index contributed by atoms with van der Waals surface area (Å²) in [5.41, 5.74) is 1.73. The van der Waals surface area contributed by atoms with Crippen LogP contribution in [0.3, 0.4) is 0 Å². The summed E-state index contributed by atoms with van der Waals surface area (Å²) in [5.74, 6) is -0.942. The molecular weight excluding hydrogens is 344 g/mol. The van der Waals surface area contributed by atoms with E-state index < -0.39 is 12.0 Å². The van der Waals surface area contributed by atoms with Gasteiger partial charge in [0.1, 0.15) is 6.04 Å². The Morgan fingerprint density at radius 1 is 1.40 bits per heavy atom. The maximum atomic E-state index is 12.5. The van der Waals surface area contributed by atoms with E-state index in [1.165, 1.54) is 23.8 Å². The highest BCUT2D eigenvalue weighted by atomic mass is 32.2. The summed E-state index contributed by atoms with van der Waals surface area (Å²) < 4.78 is 4.62. The second-order valence-electron chi connectivity index (χ2n) is 5.52. The number of nitrogens with one attached hydrogen (secondary N) is 2. The summed E-state index contributed by atoms with van der Waals surface area (Å²) >= 11 is 1.27. The first kappa shape index (κ1) is 17.3. The summed E-state index contributed by atoms with van der Waals surface area (Å²) in [6.07, 6.45) is -0.149. The van der Waals surface area contributed by atoms with E-state index in [4.69, 9.17) is 0 Å². The second-order valence-corrected chi connectivity index (χ2v) is 6.49. The van der Waals surface area contributed by atoms with Gasteiger partial charge in [0.25, 0.3) is 0 Å². The third-order valence-corrected chi connectivity index (χ3v) is 4.80.